The highest BCUT2D eigenvalue weighted by Gasteiger charge is 2.35. The van der Waals surface area contributed by atoms with Gasteiger partial charge < -0.3 is 15.1 Å². The second-order valence-electron chi connectivity index (χ2n) is 6.66. The highest BCUT2D eigenvalue weighted by molar-refractivity contribution is 5.74. The minimum Gasteiger partial charge on any atom is -0.354 e. The number of pyridine rings is 1. The zero-order valence-electron chi connectivity index (χ0n) is 14.2. The average molecular weight is 327 g/mol. The van der Waals surface area contributed by atoms with E-state index in [0.29, 0.717) is 24.6 Å². The molecule has 24 heavy (non-hydrogen) atoms. The van der Waals surface area contributed by atoms with Crippen molar-refractivity contribution in [3.63, 3.8) is 0 Å². The van der Waals surface area contributed by atoms with Crippen LogP contribution >= 0.6 is 0 Å². The first-order valence-electron chi connectivity index (χ1n) is 8.85. The fraction of sp³-hybridized carbons (Fsp3) is 0.611. The van der Waals surface area contributed by atoms with E-state index >= 15 is 0 Å². The van der Waals surface area contributed by atoms with Gasteiger partial charge in [-0.15, -0.1) is 0 Å². The summed E-state index contributed by atoms with van der Waals surface area (Å²) in [7, 11) is 0. The van der Waals surface area contributed by atoms with Gasteiger partial charge in [0.25, 0.3) is 0 Å². The minimum absolute atomic E-state index is 0.0418. The van der Waals surface area contributed by atoms with Crippen LogP contribution in [-0.2, 0) is 0 Å². The van der Waals surface area contributed by atoms with Gasteiger partial charge in [0.05, 0.1) is 5.56 Å². The fourth-order valence-corrected chi connectivity index (χ4v) is 3.46. The normalized spacial score (nSPS) is 23.3. The van der Waals surface area contributed by atoms with Crippen molar-refractivity contribution >= 4 is 11.8 Å². The Morgan fingerprint density at radius 3 is 3.00 bits per heavy atom. The first kappa shape index (κ1) is 16.6. The molecule has 0 unspecified atom stereocenters. The Bertz CT molecular complexity index is 626. The maximum Gasteiger partial charge on any atom is 0.317 e. The lowest BCUT2D eigenvalue weighted by atomic mass is 10.2. The van der Waals surface area contributed by atoms with Crippen LogP contribution in [0, 0.1) is 23.2 Å². The third kappa shape index (κ3) is 3.78. The molecule has 3 rings (SSSR count). The monoisotopic (exact) mass is 327 g/mol. The molecule has 0 aromatic carbocycles. The van der Waals surface area contributed by atoms with Crippen LogP contribution in [0.25, 0.3) is 0 Å². The lowest BCUT2D eigenvalue weighted by Gasteiger charge is -2.23. The summed E-state index contributed by atoms with van der Waals surface area (Å²) < 4.78 is 0. The molecule has 1 N–H and O–H groups in total. The molecule has 0 radical (unpaired) electrons. The highest BCUT2D eigenvalue weighted by Crippen LogP contribution is 2.40. The van der Waals surface area contributed by atoms with Gasteiger partial charge >= 0.3 is 6.03 Å². The van der Waals surface area contributed by atoms with E-state index in [0.717, 1.165) is 37.8 Å². The number of amides is 2. The van der Waals surface area contributed by atoms with Gasteiger partial charge in [-0.05, 0) is 36.8 Å². The molecule has 1 aromatic rings. The molecule has 128 valence electrons. The van der Waals surface area contributed by atoms with Crippen LogP contribution in [0.3, 0.4) is 0 Å². The molecule has 0 spiro atoms. The molecule has 1 aliphatic heterocycles. The van der Waals surface area contributed by atoms with Crippen molar-refractivity contribution in [2.75, 3.05) is 37.6 Å². The van der Waals surface area contributed by atoms with Crippen molar-refractivity contribution in [3.8, 4) is 6.07 Å². The molecule has 6 heteroatoms. The number of urea groups is 1. The standard InChI is InChI=1S/C18H25N5O/c1-2-14-11-16(14)13-21-18(24)23-8-4-7-22(9-10-23)17-15(12-19)5-3-6-20-17/h3,5-6,14,16H,2,4,7-11,13H2,1H3,(H,21,24)/t14-,16+/m1/s1. The maximum atomic E-state index is 12.4. The molecule has 2 amide bonds. The van der Waals surface area contributed by atoms with Gasteiger partial charge in [0, 0.05) is 38.9 Å². The van der Waals surface area contributed by atoms with Crippen molar-refractivity contribution in [1.29, 1.82) is 5.26 Å². The van der Waals surface area contributed by atoms with E-state index in [1.807, 2.05) is 4.90 Å². The van der Waals surface area contributed by atoms with Gasteiger partial charge in [-0.25, -0.2) is 9.78 Å². The molecule has 2 heterocycles. The summed E-state index contributed by atoms with van der Waals surface area (Å²) in [6.07, 6.45) is 5.06. The van der Waals surface area contributed by atoms with E-state index in [1.54, 1.807) is 18.3 Å². The van der Waals surface area contributed by atoms with Gasteiger partial charge in [-0.1, -0.05) is 13.3 Å². The summed E-state index contributed by atoms with van der Waals surface area (Å²) in [5, 5.41) is 12.3. The van der Waals surface area contributed by atoms with E-state index in [1.165, 1.54) is 12.8 Å². The molecule has 2 fully saturated rings. The van der Waals surface area contributed by atoms with Crippen molar-refractivity contribution in [2.24, 2.45) is 11.8 Å². The number of hydrogen-bond acceptors (Lipinski definition) is 4. The van der Waals surface area contributed by atoms with E-state index in [9.17, 15) is 10.1 Å². The zero-order chi connectivity index (χ0) is 16.9. The number of nitriles is 1. The Balaban J connectivity index is 1.53. The highest BCUT2D eigenvalue weighted by atomic mass is 16.2. The number of nitrogens with zero attached hydrogens (tertiary/aromatic N) is 4. The number of anilines is 1. The van der Waals surface area contributed by atoms with Crippen LogP contribution in [0.4, 0.5) is 10.6 Å². The molecule has 1 aliphatic carbocycles. The third-order valence-electron chi connectivity index (χ3n) is 5.10. The van der Waals surface area contributed by atoms with Gasteiger partial charge in [0.15, 0.2) is 0 Å². The number of hydrogen-bond donors (Lipinski definition) is 1. The van der Waals surface area contributed by atoms with E-state index in [-0.39, 0.29) is 6.03 Å². The van der Waals surface area contributed by atoms with E-state index in [2.05, 4.69) is 28.2 Å². The lowest BCUT2D eigenvalue weighted by molar-refractivity contribution is 0.201. The SMILES string of the molecule is CC[C@@H]1C[C@H]1CNC(=O)N1CCCN(c2ncccc2C#N)CC1. The summed E-state index contributed by atoms with van der Waals surface area (Å²) in [6.45, 7) is 5.95. The van der Waals surface area contributed by atoms with Gasteiger partial charge in [-0.2, -0.15) is 5.26 Å². The molecule has 2 aliphatic rings. The summed E-state index contributed by atoms with van der Waals surface area (Å²) in [5.41, 5.74) is 0.592. The lowest BCUT2D eigenvalue weighted by Crippen LogP contribution is -2.42. The van der Waals surface area contributed by atoms with Gasteiger partial charge in [0.2, 0.25) is 0 Å². The van der Waals surface area contributed by atoms with Crippen molar-refractivity contribution in [1.82, 2.24) is 15.2 Å². The summed E-state index contributed by atoms with van der Waals surface area (Å²) in [5.74, 6) is 2.21. The Hall–Kier alpha value is -2.29. The summed E-state index contributed by atoms with van der Waals surface area (Å²) in [4.78, 5) is 20.7. The first-order valence-corrected chi connectivity index (χ1v) is 8.85. The fourth-order valence-electron chi connectivity index (χ4n) is 3.46. The zero-order valence-corrected chi connectivity index (χ0v) is 14.2. The van der Waals surface area contributed by atoms with Crippen LogP contribution in [0.1, 0.15) is 31.7 Å². The van der Waals surface area contributed by atoms with Crippen molar-refractivity contribution in [3.05, 3.63) is 23.9 Å². The van der Waals surface area contributed by atoms with Gasteiger partial charge in [-0.3, -0.25) is 0 Å². The Morgan fingerprint density at radius 2 is 2.25 bits per heavy atom. The largest absolute Gasteiger partial charge is 0.354 e. The molecular formula is C18H25N5O. The second kappa shape index (κ2) is 7.52. The number of rotatable bonds is 4. The summed E-state index contributed by atoms with van der Waals surface area (Å²) >= 11 is 0. The van der Waals surface area contributed by atoms with Gasteiger partial charge in [0.1, 0.15) is 11.9 Å². The number of aromatic nitrogens is 1. The van der Waals surface area contributed by atoms with Crippen LogP contribution in [0.15, 0.2) is 18.3 Å². The van der Waals surface area contributed by atoms with Crippen LogP contribution in [-0.4, -0.2) is 48.6 Å². The van der Waals surface area contributed by atoms with Crippen LogP contribution in [0.2, 0.25) is 0 Å². The quantitative estimate of drug-likeness (QED) is 0.920. The molecule has 6 nitrogen and oxygen atoms in total. The van der Waals surface area contributed by atoms with Crippen molar-refractivity contribution in [2.45, 2.75) is 26.2 Å². The molecule has 1 aromatic heterocycles. The Morgan fingerprint density at radius 1 is 1.38 bits per heavy atom. The van der Waals surface area contributed by atoms with Crippen LogP contribution < -0.4 is 10.2 Å². The smallest absolute Gasteiger partial charge is 0.317 e. The number of nitrogens with one attached hydrogen (secondary N) is 1. The first-order chi connectivity index (χ1) is 11.7. The van der Waals surface area contributed by atoms with E-state index < -0.39 is 0 Å². The average Bonchev–Trinajstić information content (AvgIpc) is 3.42. The molecule has 1 saturated carbocycles. The van der Waals surface area contributed by atoms with E-state index in [4.69, 9.17) is 0 Å². The van der Waals surface area contributed by atoms with Crippen molar-refractivity contribution < 1.29 is 4.79 Å². The predicted octanol–water partition coefficient (Wildman–Crippen LogP) is 2.22. The molecular weight excluding hydrogens is 302 g/mol. The van der Waals surface area contributed by atoms with Crippen LogP contribution in [0.5, 0.6) is 0 Å². The molecule has 0 bridgehead atoms. The maximum absolute atomic E-state index is 12.4. The summed E-state index contributed by atoms with van der Waals surface area (Å²) in [6, 6.07) is 5.81. The second-order valence-corrected chi connectivity index (χ2v) is 6.66. The Labute approximate surface area is 143 Å². The number of carbonyl (C=O) groups excluding carboxylic acids is 1. The predicted molar refractivity (Wildman–Crippen MR) is 92.6 cm³/mol. The topological polar surface area (TPSA) is 72.3 Å². The minimum atomic E-state index is 0.0418. The molecule has 2 atom stereocenters. The Kier molecular flexibility index (Phi) is 5.19. The molecule has 1 saturated heterocycles. The third-order valence-corrected chi connectivity index (χ3v) is 5.10. The number of carbonyl (C=O) groups is 1.